The summed E-state index contributed by atoms with van der Waals surface area (Å²) >= 11 is 0. The monoisotopic (exact) mass is 191 g/mol. The number of esters is 1. The molecule has 2 aromatic heterocycles. The van der Waals surface area contributed by atoms with Gasteiger partial charge in [-0.1, -0.05) is 0 Å². The molecule has 0 saturated carbocycles. The molecule has 5 heteroatoms. The van der Waals surface area contributed by atoms with E-state index in [2.05, 4.69) is 19.9 Å². The highest BCUT2D eigenvalue weighted by molar-refractivity contribution is 5.88. The number of nitrogens with zero attached hydrogens (tertiary/aromatic N) is 1. The van der Waals surface area contributed by atoms with Gasteiger partial charge < -0.3 is 9.72 Å². The first-order valence-electron chi connectivity index (χ1n) is 4.09. The number of nitrogens with one attached hydrogen (secondary N) is 2. The second-order valence-electron chi connectivity index (χ2n) is 2.74. The third-order valence-corrected chi connectivity index (χ3v) is 1.86. The Labute approximate surface area is 80.1 Å². The molecule has 0 aliphatic heterocycles. The number of ether oxygens (including phenoxy) is 1. The maximum atomic E-state index is 11.1. The van der Waals surface area contributed by atoms with Crippen LogP contribution in [0.1, 0.15) is 10.5 Å². The lowest BCUT2D eigenvalue weighted by Crippen LogP contribution is -2.00. The van der Waals surface area contributed by atoms with Crippen LogP contribution in [0, 0.1) is 0 Å². The summed E-state index contributed by atoms with van der Waals surface area (Å²) < 4.78 is 4.55. The van der Waals surface area contributed by atoms with Crippen molar-refractivity contribution in [2.24, 2.45) is 0 Å². The van der Waals surface area contributed by atoms with E-state index < -0.39 is 5.97 Å². The van der Waals surface area contributed by atoms with E-state index in [0.717, 1.165) is 5.69 Å². The third kappa shape index (κ3) is 1.39. The van der Waals surface area contributed by atoms with Crippen molar-refractivity contribution in [2.45, 2.75) is 0 Å². The molecular formula is C9H9N3O2. The highest BCUT2D eigenvalue weighted by Gasteiger charge is 2.10. The predicted octanol–water partition coefficient (Wildman–Crippen LogP) is 1.19. The number of aromatic amines is 2. The molecule has 5 nitrogen and oxygen atoms in total. The van der Waals surface area contributed by atoms with Crippen LogP contribution in [0.3, 0.4) is 0 Å². The van der Waals surface area contributed by atoms with Gasteiger partial charge in [0, 0.05) is 12.3 Å². The van der Waals surface area contributed by atoms with Crippen molar-refractivity contribution in [3.05, 3.63) is 30.1 Å². The van der Waals surface area contributed by atoms with Gasteiger partial charge in [0.05, 0.1) is 12.8 Å². The molecule has 0 fully saturated rings. The molecule has 0 atom stereocenters. The number of carbonyl (C=O) groups excluding carboxylic acids is 1. The Kier molecular flexibility index (Phi) is 2.06. The van der Waals surface area contributed by atoms with Gasteiger partial charge in [-0.25, -0.2) is 4.79 Å². The van der Waals surface area contributed by atoms with Crippen LogP contribution < -0.4 is 0 Å². The minimum absolute atomic E-state index is 0.345. The summed E-state index contributed by atoms with van der Waals surface area (Å²) in [6.45, 7) is 0. The lowest BCUT2D eigenvalue weighted by molar-refractivity contribution is 0.0594. The summed E-state index contributed by atoms with van der Waals surface area (Å²) in [7, 11) is 1.33. The molecule has 14 heavy (non-hydrogen) atoms. The molecule has 0 bridgehead atoms. The van der Waals surface area contributed by atoms with Gasteiger partial charge in [-0.15, -0.1) is 0 Å². The minimum Gasteiger partial charge on any atom is -0.464 e. The molecule has 2 heterocycles. The quantitative estimate of drug-likeness (QED) is 0.700. The van der Waals surface area contributed by atoms with Gasteiger partial charge in [0.15, 0.2) is 0 Å². The number of H-pyrrole nitrogens is 2. The van der Waals surface area contributed by atoms with Crippen LogP contribution >= 0.6 is 0 Å². The molecule has 0 saturated heterocycles. The molecule has 0 aliphatic rings. The molecule has 2 N–H and O–H groups in total. The minimum atomic E-state index is -0.421. The van der Waals surface area contributed by atoms with E-state index in [1.54, 1.807) is 12.3 Å². The molecule has 2 aromatic rings. The van der Waals surface area contributed by atoms with E-state index in [1.165, 1.54) is 7.11 Å². The van der Waals surface area contributed by atoms with E-state index in [1.807, 2.05) is 12.1 Å². The highest BCUT2D eigenvalue weighted by atomic mass is 16.5. The standard InChI is InChI=1S/C9H9N3O2/c1-14-9(13)8-5-7(11-12-8)6-3-2-4-10-6/h2-5,10H,1H3,(H,11,12). The highest BCUT2D eigenvalue weighted by Crippen LogP contribution is 2.14. The maximum Gasteiger partial charge on any atom is 0.356 e. The van der Waals surface area contributed by atoms with E-state index >= 15 is 0 Å². The fraction of sp³-hybridized carbons (Fsp3) is 0.111. The SMILES string of the molecule is COC(=O)c1cc(-c2ccc[nH]2)n[nH]1. The normalized spacial score (nSPS) is 10.1. The Balaban J connectivity index is 2.31. The average Bonchev–Trinajstić information content (AvgIpc) is 2.86. The van der Waals surface area contributed by atoms with Gasteiger partial charge in [0.1, 0.15) is 11.4 Å². The Morgan fingerprint density at radius 3 is 3.07 bits per heavy atom. The summed E-state index contributed by atoms with van der Waals surface area (Å²) in [5.74, 6) is -0.421. The molecule has 72 valence electrons. The van der Waals surface area contributed by atoms with E-state index in [-0.39, 0.29) is 0 Å². The van der Waals surface area contributed by atoms with Gasteiger partial charge in [-0.05, 0) is 12.1 Å². The van der Waals surface area contributed by atoms with Crippen LogP contribution in [-0.4, -0.2) is 28.3 Å². The lowest BCUT2D eigenvalue weighted by atomic mass is 10.3. The maximum absolute atomic E-state index is 11.1. The van der Waals surface area contributed by atoms with Crippen molar-refractivity contribution in [3.63, 3.8) is 0 Å². The Bertz CT molecular complexity index is 431. The predicted molar refractivity (Wildman–Crippen MR) is 49.7 cm³/mol. The van der Waals surface area contributed by atoms with Crippen molar-refractivity contribution < 1.29 is 9.53 Å². The molecule has 0 aliphatic carbocycles. The molecule has 0 unspecified atom stereocenters. The topological polar surface area (TPSA) is 70.8 Å². The first kappa shape index (κ1) is 8.55. The summed E-state index contributed by atoms with van der Waals surface area (Å²) in [5, 5.41) is 6.57. The van der Waals surface area contributed by atoms with Crippen molar-refractivity contribution in [2.75, 3.05) is 7.11 Å². The zero-order valence-electron chi connectivity index (χ0n) is 7.57. The fourth-order valence-corrected chi connectivity index (χ4v) is 1.16. The summed E-state index contributed by atoms with van der Waals surface area (Å²) in [6, 6.07) is 5.37. The zero-order valence-corrected chi connectivity index (χ0v) is 7.57. The van der Waals surface area contributed by atoms with Crippen molar-refractivity contribution >= 4 is 5.97 Å². The van der Waals surface area contributed by atoms with E-state index in [0.29, 0.717) is 11.4 Å². The van der Waals surface area contributed by atoms with Crippen molar-refractivity contribution in [1.82, 2.24) is 15.2 Å². The van der Waals surface area contributed by atoms with Gasteiger partial charge in [-0.3, -0.25) is 5.10 Å². The number of hydrogen-bond acceptors (Lipinski definition) is 3. The van der Waals surface area contributed by atoms with Crippen LogP contribution in [0.15, 0.2) is 24.4 Å². The van der Waals surface area contributed by atoms with Gasteiger partial charge in [-0.2, -0.15) is 5.10 Å². The number of methoxy groups -OCH3 is 1. The molecule has 0 amide bonds. The van der Waals surface area contributed by atoms with Gasteiger partial charge >= 0.3 is 5.97 Å². The zero-order chi connectivity index (χ0) is 9.97. The van der Waals surface area contributed by atoms with Gasteiger partial charge in [0.2, 0.25) is 0 Å². The first-order chi connectivity index (χ1) is 6.81. The molecule has 0 aromatic carbocycles. The van der Waals surface area contributed by atoms with Crippen molar-refractivity contribution in [3.8, 4) is 11.4 Å². The first-order valence-corrected chi connectivity index (χ1v) is 4.09. The Morgan fingerprint density at radius 2 is 2.43 bits per heavy atom. The molecule has 2 rings (SSSR count). The molecular weight excluding hydrogens is 182 g/mol. The molecule has 0 radical (unpaired) electrons. The number of rotatable bonds is 2. The summed E-state index contributed by atoms with van der Waals surface area (Å²) in [5.41, 5.74) is 1.89. The second kappa shape index (κ2) is 3.37. The Morgan fingerprint density at radius 1 is 1.57 bits per heavy atom. The fourth-order valence-electron chi connectivity index (χ4n) is 1.16. The number of carbonyl (C=O) groups is 1. The van der Waals surface area contributed by atoms with E-state index in [9.17, 15) is 4.79 Å². The van der Waals surface area contributed by atoms with Crippen LogP contribution in [-0.2, 0) is 4.74 Å². The number of hydrogen-bond donors (Lipinski definition) is 2. The van der Waals surface area contributed by atoms with Crippen LogP contribution in [0.2, 0.25) is 0 Å². The van der Waals surface area contributed by atoms with E-state index in [4.69, 9.17) is 0 Å². The van der Waals surface area contributed by atoms with Gasteiger partial charge in [0.25, 0.3) is 0 Å². The summed E-state index contributed by atoms with van der Waals surface area (Å²) in [6.07, 6.45) is 1.79. The Hall–Kier alpha value is -2.04. The lowest BCUT2D eigenvalue weighted by Gasteiger charge is -1.90. The number of aromatic nitrogens is 3. The largest absolute Gasteiger partial charge is 0.464 e. The third-order valence-electron chi connectivity index (χ3n) is 1.86. The average molecular weight is 191 g/mol. The summed E-state index contributed by atoms with van der Waals surface area (Å²) in [4.78, 5) is 14.1. The van der Waals surface area contributed by atoms with Crippen LogP contribution in [0.25, 0.3) is 11.4 Å². The van der Waals surface area contributed by atoms with Crippen LogP contribution in [0.4, 0.5) is 0 Å². The second-order valence-corrected chi connectivity index (χ2v) is 2.74. The van der Waals surface area contributed by atoms with Crippen LogP contribution in [0.5, 0.6) is 0 Å². The molecule has 0 spiro atoms. The smallest absolute Gasteiger partial charge is 0.356 e. The van der Waals surface area contributed by atoms with Crippen molar-refractivity contribution in [1.29, 1.82) is 0 Å².